The molecule has 1 fully saturated rings. The number of benzene rings is 3. The highest BCUT2D eigenvalue weighted by Crippen LogP contribution is 2.26. The Labute approximate surface area is 190 Å². The van der Waals surface area contributed by atoms with Crippen LogP contribution in [0.1, 0.15) is 0 Å². The lowest BCUT2D eigenvalue weighted by Crippen LogP contribution is -2.50. The minimum absolute atomic E-state index is 0.103. The van der Waals surface area contributed by atoms with Crippen LogP contribution < -0.4 is 10.5 Å². The molecule has 0 N–H and O–H groups in total. The number of nitrogens with zero attached hydrogens (tertiary/aromatic N) is 4. The lowest BCUT2D eigenvalue weighted by molar-refractivity contribution is -0.132. The fourth-order valence-electron chi connectivity index (χ4n) is 4.25. The van der Waals surface area contributed by atoms with Crippen LogP contribution in [0.5, 0.6) is 0 Å². The van der Waals surface area contributed by atoms with Crippen molar-refractivity contribution in [2.24, 2.45) is 0 Å². The van der Waals surface area contributed by atoms with E-state index >= 15 is 0 Å². The second kappa shape index (κ2) is 8.86. The first kappa shape index (κ1) is 20.9. The maximum absolute atomic E-state index is 13.2. The minimum Gasteiger partial charge on any atom is -0.368 e. The highest BCUT2D eigenvalue weighted by molar-refractivity contribution is 5.95. The third-order valence-corrected chi connectivity index (χ3v) is 6.04. The molecule has 5 rings (SSSR count). The van der Waals surface area contributed by atoms with Gasteiger partial charge < -0.3 is 9.80 Å². The molecule has 1 saturated heterocycles. The topological polar surface area (TPSA) is 58.4 Å². The molecule has 0 radical (unpaired) electrons. The van der Waals surface area contributed by atoms with E-state index in [0.717, 1.165) is 22.0 Å². The maximum atomic E-state index is 13.2. The Balaban J connectivity index is 1.31. The summed E-state index contributed by atoms with van der Waals surface area (Å²) in [5, 5.41) is 6.64. The van der Waals surface area contributed by atoms with Crippen LogP contribution in [0.3, 0.4) is 0 Å². The normalized spacial score (nSPS) is 14.0. The standard InChI is InChI=1S/C26H23FN4O2/c27-20-8-10-21(11-9-20)29-14-16-30(17-15-29)26(33)18-31-25(32)13-12-24(28-31)23-7-3-5-19-4-1-2-6-22(19)23/h1-13H,14-18H2. The van der Waals surface area contributed by atoms with Crippen LogP contribution in [0.2, 0.25) is 0 Å². The number of carbonyl (C=O) groups excluding carboxylic acids is 1. The summed E-state index contributed by atoms with van der Waals surface area (Å²) in [6.07, 6.45) is 0. The molecule has 7 heteroatoms. The zero-order valence-electron chi connectivity index (χ0n) is 18.0. The molecule has 166 valence electrons. The number of anilines is 1. The molecule has 0 aliphatic carbocycles. The summed E-state index contributed by atoms with van der Waals surface area (Å²) in [6, 6.07) is 23.5. The summed E-state index contributed by atoms with van der Waals surface area (Å²) in [5.41, 5.74) is 2.20. The van der Waals surface area contributed by atoms with E-state index in [0.29, 0.717) is 31.9 Å². The number of piperazine rings is 1. The second-order valence-electron chi connectivity index (χ2n) is 8.09. The first-order valence-electron chi connectivity index (χ1n) is 10.9. The molecular weight excluding hydrogens is 419 g/mol. The van der Waals surface area contributed by atoms with Gasteiger partial charge in [0.2, 0.25) is 5.91 Å². The number of carbonyl (C=O) groups is 1. The van der Waals surface area contributed by atoms with Crippen LogP contribution >= 0.6 is 0 Å². The van der Waals surface area contributed by atoms with Gasteiger partial charge in [-0.3, -0.25) is 9.59 Å². The van der Waals surface area contributed by atoms with Gasteiger partial charge in [0.15, 0.2) is 0 Å². The fourth-order valence-corrected chi connectivity index (χ4v) is 4.25. The summed E-state index contributed by atoms with van der Waals surface area (Å²) < 4.78 is 14.4. The predicted molar refractivity (Wildman–Crippen MR) is 127 cm³/mol. The monoisotopic (exact) mass is 442 g/mol. The van der Waals surface area contributed by atoms with E-state index in [2.05, 4.69) is 10.00 Å². The second-order valence-corrected chi connectivity index (χ2v) is 8.09. The number of halogens is 1. The summed E-state index contributed by atoms with van der Waals surface area (Å²) in [5.74, 6) is -0.408. The summed E-state index contributed by atoms with van der Waals surface area (Å²) >= 11 is 0. The van der Waals surface area contributed by atoms with E-state index in [9.17, 15) is 14.0 Å². The van der Waals surface area contributed by atoms with Crippen molar-refractivity contribution in [3.05, 3.63) is 95.0 Å². The lowest BCUT2D eigenvalue weighted by Gasteiger charge is -2.36. The largest absolute Gasteiger partial charge is 0.368 e. The number of amides is 1. The molecule has 2 heterocycles. The van der Waals surface area contributed by atoms with Gasteiger partial charge in [0.1, 0.15) is 12.4 Å². The van der Waals surface area contributed by atoms with Crippen molar-refractivity contribution in [3.63, 3.8) is 0 Å². The quantitative estimate of drug-likeness (QED) is 0.485. The average Bonchev–Trinajstić information content (AvgIpc) is 2.85. The Hall–Kier alpha value is -4.00. The van der Waals surface area contributed by atoms with Crippen molar-refractivity contribution < 1.29 is 9.18 Å². The highest BCUT2D eigenvalue weighted by atomic mass is 19.1. The minimum atomic E-state index is -0.308. The highest BCUT2D eigenvalue weighted by Gasteiger charge is 2.22. The first-order chi connectivity index (χ1) is 16.1. The van der Waals surface area contributed by atoms with Gasteiger partial charge in [-0.2, -0.15) is 5.10 Å². The van der Waals surface area contributed by atoms with E-state index in [1.807, 2.05) is 42.5 Å². The average molecular weight is 442 g/mol. The molecule has 0 bridgehead atoms. The molecule has 0 unspecified atom stereocenters. The zero-order valence-corrected chi connectivity index (χ0v) is 18.0. The van der Waals surface area contributed by atoms with E-state index < -0.39 is 0 Å². The van der Waals surface area contributed by atoms with Gasteiger partial charge in [-0.25, -0.2) is 9.07 Å². The van der Waals surface area contributed by atoms with Crippen LogP contribution in [0.4, 0.5) is 10.1 Å². The summed E-state index contributed by atoms with van der Waals surface area (Å²) in [4.78, 5) is 29.2. The zero-order chi connectivity index (χ0) is 22.8. The first-order valence-corrected chi connectivity index (χ1v) is 10.9. The van der Waals surface area contributed by atoms with Crippen LogP contribution in [-0.4, -0.2) is 46.8 Å². The molecule has 6 nitrogen and oxygen atoms in total. The molecule has 0 spiro atoms. The SMILES string of the molecule is O=C(Cn1nc(-c2cccc3ccccc23)ccc1=O)N1CCN(c2ccc(F)cc2)CC1. The summed E-state index contributed by atoms with van der Waals surface area (Å²) in [7, 11) is 0. The third-order valence-electron chi connectivity index (χ3n) is 6.04. The Morgan fingerprint density at radius 3 is 2.36 bits per heavy atom. The molecule has 1 aliphatic heterocycles. The Kier molecular flexibility index (Phi) is 5.60. The van der Waals surface area contributed by atoms with Crippen LogP contribution in [0, 0.1) is 5.82 Å². The smallest absolute Gasteiger partial charge is 0.267 e. The van der Waals surface area contributed by atoms with Crippen molar-refractivity contribution in [3.8, 4) is 11.3 Å². The molecule has 0 atom stereocenters. The number of fused-ring (bicyclic) bond motifs is 1. The van der Waals surface area contributed by atoms with Crippen molar-refractivity contribution in [1.29, 1.82) is 0 Å². The van der Waals surface area contributed by atoms with Gasteiger partial charge in [-0.05, 0) is 41.1 Å². The van der Waals surface area contributed by atoms with Gasteiger partial charge >= 0.3 is 0 Å². The predicted octanol–water partition coefficient (Wildman–Crippen LogP) is 3.55. The molecule has 0 saturated carbocycles. The van der Waals surface area contributed by atoms with Gasteiger partial charge in [0, 0.05) is 43.5 Å². The fraction of sp³-hybridized carbons (Fsp3) is 0.192. The van der Waals surface area contributed by atoms with Crippen LogP contribution in [0.15, 0.2) is 83.7 Å². The number of rotatable bonds is 4. The van der Waals surface area contributed by atoms with Crippen molar-refractivity contribution >= 4 is 22.4 Å². The van der Waals surface area contributed by atoms with Gasteiger partial charge in [0.25, 0.3) is 5.56 Å². The Bertz CT molecular complexity index is 1350. The van der Waals surface area contributed by atoms with Crippen molar-refractivity contribution in [2.75, 3.05) is 31.1 Å². The van der Waals surface area contributed by atoms with Crippen LogP contribution in [0.25, 0.3) is 22.0 Å². The lowest BCUT2D eigenvalue weighted by atomic mass is 10.0. The molecular formula is C26H23FN4O2. The number of hydrogen-bond donors (Lipinski definition) is 0. The Morgan fingerprint density at radius 1 is 0.848 bits per heavy atom. The molecule has 3 aromatic carbocycles. The van der Waals surface area contributed by atoms with E-state index in [1.54, 1.807) is 23.1 Å². The van der Waals surface area contributed by atoms with Gasteiger partial charge in [-0.15, -0.1) is 0 Å². The van der Waals surface area contributed by atoms with E-state index in [1.165, 1.54) is 22.9 Å². The molecule has 1 aromatic heterocycles. The van der Waals surface area contributed by atoms with E-state index in [4.69, 9.17) is 0 Å². The molecule has 4 aromatic rings. The molecule has 1 amide bonds. The number of aromatic nitrogens is 2. The third kappa shape index (κ3) is 4.35. The van der Waals surface area contributed by atoms with Crippen molar-refractivity contribution in [1.82, 2.24) is 14.7 Å². The molecule has 1 aliphatic rings. The van der Waals surface area contributed by atoms with Crippen molar-refractivity contribution in [2.45, 2.75) is 6.54 Å². The molecule has 33 heavy (non-hydrogen) atoms. The van der Waals surface area contributed by atoms with Gasteiger partial charge in [0.05, 0.1) is 5.69 Å². The summed E-state index contributed by atoms with van der Waals surface area (Å²) in [6.45, 7) is 2.27. The van der Waals surface area contributed by atoms with E-state index in [-0.39, 0.29) is 23.8 Å². The van der Waals surface area contributed by atoms with Gasteiger partial charge in [-0.1, -0.05) is 42.5 Å². The maximum Gasteiger partial charge on any atom is 0.267 e. The Morgan fingerprint density at radius 2 is 1.58 bits per heavy atom. The number of hydrogen-bond acceptors (Lipinski definition) is 4. The van der Waals surface area contributed by atoms with Crippen LogP contribution in [-0.2, 0) is 11.3 Å².